The number of likely N-dealkylation sites (tertiary alicyclic amines) is 2. The van der Waals surface area contributed by atoms with Gasteiger partial charge in [0.2, 0.25) is 5.91 Å². The number of alkyl halides is 2. The van der Waals surface area contributed by atoms with E-state index in [1.807, 2.05) is 11.0 Å². The molecule has 3 fully saturated rings. The molecule has 2 aliphatic heterocycles. The Morgan fingerprint density at radius 2 is 1.96 bits per heavy atom. The molecule has 1 aromatic rings. The minimum atomic E-state index is -2.85. The number of piperidine rings is 2. The number of ether oxygens (including phenoxy) is 1. The Morgan fingerprint density at radius 1 is 1.21 bits per heavy atom. The zero-order valence-electron chi connectivity index (χ0n) is 16.0. The lowest BCUT2D eigenvalue weighted by Crippen LogP contribution is -2.61. The van der Waals surface area contributed by atoms with Gasteiger partial charge in [-0.1, -0.05) is 24.6 Å². The van der Waals surface area contributed by atoms with E-state index in [1.165, 1.54) is 0 Å². The van der Waals surface area contributed by atoms with Gasteiger partial charge in [0.1, 0.15) is 5.75 Å². The van der Waals surface area contributed by atoms with Crippen molar-refractivity contribution < 1.29 is 23.4 Å². The molecule has 1 N–H and O–H groups in total. The normalized spacial score (nSPS) is 28.7. The number of benzene rings is 1. The van der Waals surface area contributed by atoms with E-state index >= 15 is 0 Å². The van der Waals surface area contributed by atoms with Crippen LogP contribution in [-0.2, 0) is 11.3 Å². The molecule has 1 aromatic carbocycles. The maximum Gasteiger partial charge on any atom is 0.387 e. The number of aliphatic hydroxyl groups is 1. The van der Waals surface area contributed by atoms with Gasteiger partial charge in [0.05, 0.1) is 5.60 Å². The van der Waals surface area contributed by atoms with Gasteiger partial charge in [-0.2, -0.15) is 8.78 Å². The van der Waals surface area contributed by atoms with Gasteiger partial charge < -0.3 is 14.7 Å². The van der Waals surface area contributed by atoms with Crippen molar-refractivity contribution in [3.8, 4) is 5.75 Å². The van der Waals surface area contributed by atoms with Crippen LogP contribution in [0, 0.1) is 11.8 Å². The van der Waals surface area contributed by atoms with Gasteiger partial charge in [-0.3, -0.25) is 9.69 Å². The maximum atomic E-state index is 12.7. The van der Waals surface area contributed by atoms with Gasteiger partial charge in [-0.15, -0.1) is 0 Å². The van der Waals surface area contributed by atoms with Gasteiger partial charge in [0, 0.05) is 50.1 Å². The third-order valence-electron chi connectivity index (χ3n) is 6.70. The van der Waals surface area contributed by atoms with E-state index in [9.17, 15) is 18.7 Å². The Balaban J connectivity index is 1.41. The van der Waals surface area contributed by atoms with E-state index in [4.69, 9.17) is 0 Å². The summed E-state index contributed by atoms with van der Waals surface area (Å²) in [7, 11) is 0. The number of fused-ring (bicyclic) bond motifs is 1. The van der Waals surface area contributed by atoms with Crippen molar-refractivity contribution in [2.75, 3.05) is 26.2 Å². The van der Waals surface area contributed by atoms with Crippen LogP contribution in [0.25, 0.3) is 0 Å². The van der Waals surface area contributed by atoms with Crippen LogP contribution in [-0.4, -0.2) is 59.2 Å². The van der Waals surface area contributed by atoms with Gasteiger partial charge in [-0.05, 0) is 31.7 Å². The first-order valence-electron chi connectivity index (χ1n) is 10.2. The van der Waals surface area contributed by atoms with Crippen LogP contribution in [0.15, 0.2) is 24.3 Å². The molecule has 1 amide bonds. The van der Waals surface area contributed by atoms with Crippen LogP contribution in [0.3, 0.4) is 0 Å². The van der Waals surface area contributed by atoms with E-state index in [1.54, 1.807) is 18.2 Å². The molecule has 3 aliphatic rings. The lowest BCUT2D eigenvalue weighted by Gasteiger charge is -2.51. The van der Waals surface area contributed by atoms with Gasteiger partial charge in [0.15, 0.2) is 0 Å². The van der Waals surface area contributed by atoms with Crippen LogP contribution >= 0.6 is 0 Å². The van der Waals surface area contributed by atoms with E-state index in [2.05, 4.69) is 9.64 Å². The summed E-state index contributed by atoms with van der Waals surface area (Å²) in [6.45, 7) is 0.203. The number of para-hydroxylation sites is 1. The minimum absolute atomic E-state index is 0.0118. The fourth-order valence-corrected chi connectivity index (χ4v) is 4.71. The molecule has 0 unspecified atom stereocenters. The molecule has 0 bridgehead atoms. The van der Waals surface area contributed by atoms with Crippen LogP contribution < -0.4 is 4.74 Å². The summed E-state index contributed by atoms with van der Waals surface area (Å²) < 4.78 is 30.0. The average Bonchev–Trinajstić information content (AvgIpc) is 2.61. The number of amides is 1. The number of nitrogens with zero attached hydrogens (tertiary/aromatic N) is 2. The standard InChI is InChI=1S/C21H28F2N2O3/c22-20(23)28-18-7-2-1-4-16(18)12-24-10-8-21(27)9-11-25(14-17(21)13-24)19(26)15-5-3-6-15/h1-2,4,7,15,17,20,27H,3,5-6,8-14H2/t17-,21-/m1/s1. The Kier molecular flexibility index (Phi) is 5.56. The average molecular weight is 394 g/mol. The fraction of sp³-hybridized carbons (Fsp3) is 0.667. The maximum absolute atomic E-state index is 12.7. The molecular weight excluding hydrogens is 366 g/mol. The number of carbonyl (C=O) groups excluding carboxylic acids is 1. The van der Waals surface area contributed by atoms with Crippen molar-refractivity contribution in [2.24, 2.45) is 11.8 Å². The third kappa shape index (κ3) is 4.01. The van der Waals surface area contributed by atoms with Crippen LogP contribution in [0.4, 0.5) is 8.78 Å². The highest BCUT2D eigenvalue weighted by Gasteiger charge is 2.46. The van der Waals surface area contributed by atoms with Crippen molar-refractivity contribution in [3.63, 3.8) is 0 Å². The molecule has 0 aromatic heterocycles. The Bertz CT molecular complexity index is 713. The van der Waals surface area contributed by atoms with E-state index in [-0.39, 0.29) is 23.5 Å². The predicted octanol–water partition coefficient (Wildman–Crippen LogP) is 2.87. The van der Waals surface area contributed by atoms with Crippen molar-refractivity contribution in [2.45, 2.75) is 50.9 Å². The predicted molar refractivity (Wildman–Crippen MR) is 99.9 cm³/mol. The molecule has 1 saturated carbocycles. The zero-order chi connectivity index (χ0) is 19.7. The topological polar surface area (TPSA) is 53.0 Å². The Hall–Kier alpha value is -1.73. The third-order valence-corrected chi connectivity index (χ3v) is 6.70. The van der Waals surface area contributed by atoms with Crippen molar-refractivity contribution in [1.82, 2.24) is 9.80 Å². The lowest BCUT2D eigenvalue weighted by molar-refractivity contribution is -0.153. The molecule has 1 aliphatic carbocycles. The van der Waals surface area contributed by atoms with Crippen LogP contribution in [0.1, 0.15) is 37.7 Å². The highest BCUT2D eigenvalue weighted by atomic mass is 19.3. The number of rotatable bonds is 5. The quantitative estimate of drug-likeness (QED) is 0.835. The van der Waals surface area contributed by atoms with Crippen LogP contribution in [0.5, 0.6) is 5.75 Å². The van der Waals surface area contributed by atoms with Crippen molar-refractivity contribution in [1.29, 1.82) is 0 Å². The molecule has 5 nitrogen and oxygen atoms in total. The summed E-state index contributed by atoms with van der Waals surface area (Å²) in [5.74, 6) is 0.594. The Morgan fingerprint density at radius 3 is 2.68 bits per heavy atom. The SMILES string of the molecule is O=C(C1CCC1)N1CC[C@]2(O)CCN(Cc3ccccc3OC(F)F)C[C@@H]2C1. The molecule has 28 heavy (non-hydrogen) atoms. The molecule has 0 spiro atoms. The highest BCUT2D eigenvalue weighted by Crippen LogP contribution is 2.38. The lowest BCUT2D eigenvalue weighted by atomic mass is 9.74. The van der Waals surface area contributed by atoms with Crippen molar-refractivity contribution in [3.05, 3.63) is 29.8 Å². The molecule has 7 heteroatoms. The van der Waals surface area contributed by atoms with E-state index < -0.39 is 12.2 Å². The molecule has 2 heterocycles. The molecule has 4 rings (SSSR count). The number of halogens is 2. The first kappa shape index (κ1) is 19.6. The largest absolute Gasteiger partial charge is 0.434 e. The molecule has 0 radical (unpaired) electrons. The Labute approximate surface area is 164 Å². The zero-order valence-corrected chi connectivity index (χ0v) is 16.0. The second-order valence-electron chi connectivity index (χ2n) is 8.43. The number of hydrogen-bond donors (Lipinski definition) is 1. The number of hydrogen-bond acceptors (Lipinski definition) is 4. The van der Waals surface area contributed by atoms with Crippen LogP contribution in [0.2, 0.25) is 0 Å². The minimum Gasteiger partial charge on any atom is -0.434 e. The molecule has 154 valence electrons. The van der Waals surface area contributed by atoms with E-state index in [0.717, 1.165) is 19.3 Å². The van der Waals surface area contributed by atoms with Crippen molar-refractivity contribution >= 4 is 5.91 Å². The summed E-state index contributed by atoms with van der Waals surface area (Å²) in [5, 5.41) is 11.1. The highest BCUT2D eigenvalue weighted by molar-refractivity contribution is 5.79. The summed E-state index contributed by atoms with van der Waals surface area (Å²) in [4.78, 5) is 16.7. The molecular formula is C21H28F2N2O3. The fourth-order valence-electron chi connectivity index (χ4n) is 4.71. The van der Waals surface area contributed by atoms with Gasteiger partial charge >= 0.3 is 6.61 Å². The smallest absolute Gasteiger partial charge is 0.387 e. The monoisotopic (exact) mass is 394 g/mol. The van der Waals surface area contributed by atoms with Gasteiger partial charge in [-0.25, -0.2) is 0 Å². The second-order valence-corrected chi connectivity index (χ2v) is 8.43. The second kappa shape index (κ2) is 7.95. The summed E-state index contributed by atoms with van der Waals surface area (Å²) in [5.41, 5.74) is -0.0160. The summed E-state index contributed by atoms with van der Waals surface area (Å²) in [6.07, 6.45) is 4.36. The summed E-state index contributed by atoms with van der Waals surface area (Å²) in [6, 6.07) is 6.85. The molecule has 2 atom stereocenters. The first-order valence-corrected chi connectivity index (χ1v) is 10.2. The molecule has 2 saturated heterocycles. The number of carbonyl (C=O) groups is 1. The first-order chi connectivity index (χ1) is 13.4. The van der Waals surface area contributed by atoms with E-state index in [0.29, 0.717) is 51.1 Å². The summed E-state index contributed by atoms with van der Waals surface area (Å²) >= 11 is 0. The van der Waals surface area contributed by atoms with Gasteiger partial charge in [0.25, 0.3) is 0 Å².